The van der Waals surface area contributed by atoms with Crippen LogP contribution in [-0.2, 0) is 11.3 Å². The Morgan fingerprint density at radius 3 is 2.43 bits per heavy atom. The standard InChI is InChI=1S/C20H26N2O/c1-15(2)18-6-4-5-7-19(18)21-13-12-20(23)22-14-17-10-8-16(3)9-11-17/h4-11,15,21H,12-14H2,1-3H3,(H,22,23). The van der Waals surface area contributed by atoms with Crippen molar-refractivity contribution in [2.24, 2.45) is 0 Å². The van der Waals surface area contributed by atoms with E-state index in [1.165, 1.54) is 11.1 Å². The van der Waals surface area contributed by atoms with E-state index in [9.17, 15) is 4.79 Å². The molecule has 0 aromatic heterocycles. The Labute approximate surface area is 139 Å². The first-order valence-electron chi connectivity index (χ1n) is 8.21. The zero-order valence-electron chi connectivity index (χ0n) is 14.2. The minimum atomic E-state index is 0.0695. The third-order valence-electron chi connectivity index (χ3n) is 3.86. The summed E-state index contributed by atoms with van der Waals surface area (Å²) in [7, 11) is 0. The number of rotatable bonds is 7. The lowest BCUT2D eigenvalue weighted by molar-refractivity contribution is -0.121. The molecule has 23 heavy (non-hydrogen) atoms. The molecule has 2 aromatic rings. The zero-order chi connectivity index (χ0) is 16.7. The molecule has 0 atom stereocenters. The Hall–Kier alpha value is -2.29. The van der Waals surface area contributed by atoms with Crippen LogP contribution in [0.3, 0.4) is 0 Å². The Morgan fingerprint density at radius 2 is 1.74 bits per heavy atom. The summed E-state index contributed by atoms with van der Waals surface area (Å²) < 4.78 is 0. The zero-order valence-corrected chi connectivity index (χ0v) is 14.2. The van der Waals surface area contributed by atoms with Crippen molar-refractivity contribution in [1.29, 1.82) is 0 Å². The van der Waals surface area contributed by atoms with Gasteiger partial charge in [-0.25, -0.2) is 0 Å². The number of nitrogens with one attached hydrogen (secondary N) is 2. The van der Waals surface area contributed by atoms with Gasteiger partial charge in [-0.3, -0.25) is 4.79 Å². The molecular formula is C20H26N2O. The van der Waals surface area contributed by atoms with Crippen molar-refractivity contribution in [2.75, 3.05) is 11.9 Å². The van der Waals surface area contributed by atoms with Crippen LogP contribution < -0.4 is 10.6 Å². The number of hydrogen-bond acceptors (Lipinski definition) is 2. The van der Waals surface area contributed by atoms with Gasteiger partial charge in [-0.15, -0.1) is 0 Å². The van der Waals surface area contributed by atoms with Crippen LogP contribution >= 0.6 is 0 Å². The fourth-order valence-corrected chi connectivity index (χ4v) is 2.47. The molecule has 0 unspecified atom stereocenters. The SMILES string of the molecule is Cc1ccc(CNC(=O)CCNc2ccccc2C(C)C)cc1. The predicted octanol–water partition coefficient (Wildman–Crippen LogP) is 4.24. The molecule has 2 aromatic carbocycles. The number of carbonyl (C=O) groups excluding carboxylic acids is 1. The van der Waals surface area contributed by atoms with E-state index in [2.05, 4.69) is 61.7 Å². The van der Waals surface area contributed by atoms with Gasteiger partial charge in [0.25, 0.3) is 0 Å². The predicted molar refractivity (Wildman–Crippen MR) is 96.7 cm³/mol. The fourth-order valence-electron chi connectivity index (χ4n) is 2.47. The summed E-state index contributed by atoms with van der Waals surface area (Å²) in [5.74, 6) is 0.536. The Kier molecular flexibility index (Phi) is 6.21. The topological polar surface area (TPSA) is 41.1 Å². The lowest BCUT2D eigenvalue weighted by atomic mass is 10.0. The summed E-state index contributed by atoms with van der Waals surface area (Å²) in [6.07, 6.45) is 0.471. The lowest BCUT2D eigenvalue weighted by Crippen LogP contribution is -2.25. The van der Waals surface area contributed by atoms with E-state index in [1.807, 2.05) is 18.2 Å². The Balaban J connectivity index is 1.76. The van der Waals surface area contributed by atoms with Crippen LogP contribution in [0.4, 0.5) is 5.69 Å². The monoisotopic (exact) mass is 310 g/mol. The van der Waals surface area contributed by atoms with E-state index in [1.54, 1.807) is 0 Å². The third kappa shape index (κ3) is 5.44. The molecule has 2 N–H and O–H groups in total. The maximum atomic E-state index is 11.9. The molecule has 0 saturated carbocycles. The van der Waals surface area contributed by atoms with Gasteiger partial charge in [0.1, 0.15) is 0 Å². The Morgan fingerprint density at radius 1 is 1.04 bits per heavy atom. The molecule has 3 nitrogen and oxygen atoms in total. The van der Waals surface area contributed by atoms with Crippen LogP contribution in [0.2, 0.25) is 0 Å². The smallest absolute Gasteiger partial charge is 0.222 e. The van der Waals surface area contributed by atoms with Gasteiger partial charge in [-0.05, 0) is 30.0 Å². The van der Waals surface area contributed by atoms with Crippen molar-refractivity contribution in [3.63, 3.8) is 0 Å². The first-order valence-corrected chi connectivity index (χ1v) is 8.21. The minimum absolute atomic E-state index is 0.0695. The highest BCUT2D eigenvalue weighted by molar-refractivity contribution is 5.76. The number of hydrogen-bond donors (Lipinski definition) is 2. The van der Waals surface area contributed by atoms with Gasteiger partial charge in [0.2, 0.25) is 5.91 Å². The second-order valence-electron chi connectivity index (χ2n) is 6.18. The van der Waals surface area contributed by atoms with E-state index in [4.69, 9.17) is 0 Å². The molecule has 1 amide bonds. The molecule has 0 fully saturated rings. The molecule has 0 bridgehead atoms. The number of carbonyl (C=O) groups is 1. The maximum absolute atomic E-state index is 11.9. The van der Waals surface area contributed by atoms with Crippen LogP contribution in [-0.4, -0.2) is 12.5 Å². The number of benzene rings is 2. The van der Waals surface area contributed by atoms with Gasteiger partial charge < -0.3 is 10.6 Å². The number of aryl methyl sites for hydroxylation is 1. The van der Waals surface area contributed by atoms with Crippen molar-refractivity contribution in [1.82, 2.24) is 5.32 Å². The van der Waals surface area contributed by atoms with Gasteiger partial charge in [-0.2, -0.15) is 0 Å². The van der Waals surface area contributed by atoms with Gasteiger partial charge in [0.05, 0.1) is 0 Å². The highest BCUT2D eigenvalue weighted by Gasteiger charge is 2.06. The second kappa shape index (κ2) is 8.37. The molecule has 0 radical (unpaired) electrons. The van der Waals surface area contributed by atoms with Crippen molar-refractivity contribution in [2.45, 2.75) is 39.7 Å². The molecule has 0 spiro atoms. The molecule has 0 saturated heterocycles. The average Bonchev–Trinajstić information content (AvgIpc) is 2.54. The van der Waals surface area contributed by atoms with Crippen LogP contribution in [0.1, 0.15) is 42.9 Å². The van der Waals surface area contributed by atoms with E-state index < -0.39 is 0 Å². The third-order valence-corrected chi connectivity index (χ3v) is 3.86. The van der Waals surface area contributed by atoms with Crippen molar-refractivity contribution in [3.8, 4) is 0 Å². The first kappa shape index (κ1) is 17.1. The molecule has 122 valence electrons. The molecular weight excluding hydrogens is 284 g/mol. The summed E-state index contributed by atoms with van der Waals surface area (Å²) in [6.45, 7) is 7.64. The van der Waals surface area contributed by atoms with E-state index in [0.29, 0.717) is 25.4 Å². The van der Waals surface area contributed by atoms with Gasteiger partial charge in [0, 0.05) is 25.2 Å². The maximum Gasteiger partial charge on any atom is 0.222 e. The molecule has 3 heteroatoms. The summed E-state index contributed by atoms with van der Waals surface area (Å²) in [6, 6.07) is 16.5. The van der Waals surface area contributed by atoms with Gasteiger partial charge in [0.15, 0.2) is 0 Å². The van der Waals surface area contributed by atoms with E-state index in [-0.39, 0.29) is 5.91 Å². The molecule has 0 aliphatic rings. The number of anilines is 1. The highest BCUT2D eigenvalue weighted by Crippen LogP contribution is 2.23. The number of amides is 1. The van der Waals surface area contributed by atoms with Crippen LogP contribution in [0.25, 0.3) is 0 Å². The average molecular weight is 310 g/mol. The van der Waals surface area contributed by atoms with Crippen molar-refractivity contribution < 1.29 is 4.79 Å². The van der Waals surface area contributed by atoms with Crippen LogP contribution in [0, 0.1) is 6.92 Å². The summed E-state index contributed by atoms with van der Waals surface area (Å²) >= 11 is 0. The largest absolute Gasteiger partial charge is 0.384 e. The molecule has 0 aliphatic heterocycles. The fraction of sp³-hybridized carbons (Fsp3) is 0.350. The molecule has 0 aliphatic carbocycles. The molecule has 0 heterocycles. The lowest BCUT2D eigenvalue weighted by Gasteiger charge is -2.14. The quantitative estimate of drug-likeness (QED) is 0.803. The van der Waals surface area contributed by atoms with Gasteiger partial charge >= 0.3 is 0 Å². The normalized spacial score (nSPS) is 10.6. The Bertz CT molecular complexity index is 632. The number of para-hydroxylation sites is 1. The van der Waals surface area contributed by atoms with Crippen molar-refractivity contribution in [3.05, 3.63) is 65.2 Å². The summed E-state index contributed by atoms with van der Waals surface area (Å²) in [4.78, 5) is 11.9. The van der Waals surface area contributed by atoms with E-state index >= 15 is 0 Å². The van der Waals surface area contributed by atoms with E-state index in [0.717, 1.165) is 11.3 Å². The second-order valence-corrected chi connectivity index (χ2v) is 6.18. The van der Waals surface area contributed by atoms with Crippen LogP contribution in [0.5, 0.6) is 0 Å². The van der Waals surface area contributed by atoms with Gasteiger partial charge in [-0.1, -0.05) is 61.9 Å². The minimum Gasteiger partial charge on any atom is -0.384 e. The summed E-state index contributed by atoms with van der Waals surface area (Å²) in [5, 5.41) is 6.33. The molecule has 2 rings (SSSR count). The van der Waals surface area contributed by atoms with Crippen molar-refractivity contribution >= 4 is 11.6 Å². The highest BCUT2D eigenvalue weighted by atomic mass is 16.1. The first-order chi connectivity index (χ1) is 11.1. The van der Waals surface area contributed by atoms with Crippen LogP contribution in [0.15, 0.2) is 48.5 Å². The summed E-state index contributed by atoms with van der Waals surface area (Å²) in [5.41, 5.74) is 4.76.